The fourth-order valence-corrected chi connectivity index (χ4v) is 1.36. The quantitative estimate of drug-likeness (QED) is 0.399. The smallest absolute Gasteiger partial charge is 0.279 e. The highest BCUT2D eigenvalue weighted by Crippen LogP contribution is 2.05. The number of hydrogen-bond acceptors (Lipinski definition) is 5. The third-order valence-corrected chi connectivity index (χ3v) is 2.23. The van der Waals surface area contributed by atoms with Gasteiger partial charge in [-0.3, -0.25) is 25.6 Å². The first-order valence-electron chi connectivity index (χ1n) is 5.17. The minimum atomic E-state index is -1.11. The Morgan fingerprint density at radius 2 is 1.67 bits per heavy atom. The summed E-state index contributed by atoms with van der Waals surface area (Å²) in [5.74, 6) is -2.50. The van der Waals surface area contributed by atoms with Crippen LogP contribution >= 0.6 is 0 Å². The van der Waals surface area contributed by atoms with Crippen molar-refractivity contribution in [1.29, 1.82) is 0 Å². The normalized spacial score (nSPS) is 16.6. The number of carbonyl (C=O) groups is 3. The van der Waals surface area contributed by atoms with Gasteiger partial charge in [-0.2, -0.15) is 5.10 Å². The van der Waals surface area contributed by atoms with E-state index in [1.165, 1.54) is 0 Å². The van der Waals surface area contributed by atoms with Gasteiger partial charge in [0.05, 0.1) is 5.69 Å². The van der Waals surface area contributed by atoms with E-state index in [0.29, 0.717) is 0 Å². The second-order valence-electron chi connectivity index (χ2n) is 3.54. The van der Waals surface area contributed by atoms with Gasteiger partial charge in [-0.15, -0.1) is 0 Å². The Hall–Kier alpha value is -2.70. The molecule has 0 aromatic heterocycles. The molecule has 1 fully saturated rings. The number of urea groups is 1. The predicted molar refractivity (Wildman–Crippen MR) is 63.7 cm³/mol. The number of barbiturate groups is 1. The van der Waals surface area contributed by atoms with Crippen LogP contribution in [0.2, 0.25) is 0 Å². The van der Waals surface area contributed by atoms with Crippen LogP contribution in [-0.4, -0.2) is 24.1 Å². The molecule has 7 nitrogen and oxygen atoms in total. The largest absolute Gasteiger partial charge is 0.328 e. The average Bonchev–Trinajstić information content (AvgIpc) is 2.34. The molecule has 0 unspecified atom stereocenters. The second kappa shape index (κ2) is 5.09. The van der Waals surface area contributed by atoms with Gasteiger partial charge >= 0.3 is 6.03 Å². The molecule has 3 N–H and O–H groups in total. The van der Waals surface area contributed by atoms with Gasteiger partial charge in [0.15, 0.2) is 5.92 Å². The molecule has 0 aliphatic carbocycles. The molecular weight excluding hydrogens is 236 g/mol. The van der Waals surface area contributed by atoms with Crippen LogP contribution in [0.3, 0.4) is 0 Å². The summed E-state index contributed by atoms with van der Waals surface area (Å²) in [7, 11) is 0. The summed E-state index contributed by atoms with van der Waals surface area (Å²) in [4.78, 5) is 33.5. The van der Waals surface area contributed by atoms with Crippen molar-refractivity contribution in [3.05, 3.63) is 30.3 Å². The predicted octanol–water partition coefficient (Wildman–Crippen LogP) is 0.0665. The summed E-state index contributed by atoms with van der Waals surface area (Å²) < 4.78 is 0. The molecule has 1 aromatic rings. The highest BCUT2D eigenvalue weighted by Gasteiger charge is 2.32. The van der Waals surface area contributed by atoms with Gasteiger partial charge in [-0.25, -0.2) is 4.79 Å². The van der Waals surface area contributed by atoms with Crippen molar-refractivity contribution in [3.63, 3.8) is 0 Å². The molecule has 1 heterocycles. The van der Waals surface area contributed by atoms with Gasteiger partial charge in [-0.05, 0) is 12.1 Å². The Kier molecular flexibility index (Phi) is 3.33. The molecule has 0 saturated carbocycles. The molecule has 2 rings (SSSR count). The number of amides is 4. The number of hydrogen-bond donors (Lipinski definition) is 3. The van der Waals surface area contributed by atoms with Gasteiger partial charge in [0, 0.05) is 6.21 Å². The molecule has 0 radical (unpaired) electrons. The van der Waals surface area contributed by atoms with E-state index in [1.54, 1.807) is 12.1 Å². The number of imide groups is 2. The fourth-order valence-electron chi connectivity index (χ4n) is 1.36. The van der Waals surface area contributed by atoms with E-state index in [-0.39, 0.29) is 0 Å². The van der Waals surface area contributed by atoms with Gasteiger partial charge in [0.2, 0.25) is 11.8 Å². The molecule has 0 atom stereocenters. The van der Waals surface area contributed by atoms with Crippen molar-refractivity contribution >= 4 is 29.7 Å². The Morgan fingerprint density at radius 3 is 2.28 bits per heavy atom. The number of carbonyl (C=O) groups excluding carboxylic acids is 3. The van der Waals surface area contributed by atoms with Crippen LogP contribution in [-0.2, 0) is 9.59 Å². The lowest BCUT2D eigenvalue weighted by atomic mass is 10.1. The molecule has 18 heavy (non-hydrogen) atoms. The molecule has 7 heteroatoms. The van der Waals surface area contributed by atoms with Gasteiger partial charge < -0.3 is 0 Å². The van der Waals surface area contributed by atoms with Crippen LogP contribution in [0, 0.1) is 5.92 Å². The summed E-state index contributed by atoms with van der Waals surface area (Å²) in [6.07, 6.45) is 1.14. The van der Waals surface area contributed by atoms with Gasteiger partial charge in [-0.1, -0.05) is 18.2 Å². The molecular formula is C11H10N4O3. The Labute approximate surface area is 102 Å². The van der Waals surface area contributed by atoms with Crippen LogP contribution in [0.4, 0.5) is 10.5 Å². The molecule has 0 bridgehead atoms. The van der Waals surface area contributed by atoms with Gasteiger partial charge in [0.1, 0.15) is 0 Å². The van der Waals surface area contributed by atoms with E-state index < -0.39 is 23.8 Å². The average molecular weight is 246 g/mol. The minimum Gasteiger partial charge on any atom is -0.279 e. The summed E-state index contributed by atoms with van der Waals surface area (Å²) in [5.41, 5.74) is 3.39. The lowest BCUT2D eigenvalue weighted by Crippen LogP contribution is -2.56. The lowest BCUT2D eigenvalue weighted by molar-refractivity contribution is -0.132. The van der Waals surface area contributed by atoms with E-state index in [2.05, 4.69) is 10.5 Å². The van der Waals surface area contributed by atoms with Crippen molar-refractivity contribution in [2.24, 2.45) is 11.0 Å². The van der Waals surface area contributed by atoms with E-state index in [1.807, 2.05) is 28.8 Å². The lowest BCUT2D eigenvalue weighted by Gasteiger charge is -2.16. The number of para-hydroxylation sites is 1. The van der Waals surface area contributed by atoms with Crippen molar-refractivity contribution < 1.29 is 14.4 Å². The van der Waals surface area contributed by atoms with Crippen molar-refractivity contribution in [2.45, 2.75) is 0 Å². The zero-order valence-corrected chi connectivity index (χ0v) is 9.21. The zero-order valence-electron chi connectivity index (χ0n) is 9.21. The molecule has 1 aliphatic heterocycles. The molecule has 4 amide bonds. The van der Waals surface area contributed by atoms with Crippen molar-refractivity contribution in [3.8, 4) is 0 Å². The monoisotopic (exact) mass is 246 g/mol. The summed E-state index contributed by atoms with van der Waals surface area (Å²) in [5, 5.41) is 7.74. The maximum atomic E-state index is 11.3. The zero-order chi connectivity index (χ0) is 13.0. The van der Waals surface area contributed by atoms with Crippen LogP contribution in [0.5, 0.6) is 0 Å². The minimum absolute atomic E-state index is 0.692. The number of nitrogens with zero attached hydrogens (tertiary/aromatic N) is 1. The second-order valence-corrected chi connectivity index (χ2v) is 3.54. The molecule has 1 aliphatic rings. The SMILES string of the molecule is O=C1NC(=O)C(/C=N/Nc2ccccc2)C(=O)N1. The molecule has 1 aromatic carbocycles. The molecule has 0 spiro atoms. The summed E-state index contributed by atoms with van der Waals surface area (Å²) in [6.45, 7) is 0. The van der Waals surface area contributed by atoms with Crippen LogP contribution in [0.15, 0.2) is 35.4 Å². The number of hydrazone groups is 1. The maximum Gasteiger partial charge on any atom is 0.328 e. The third-order valence-electron chi connectivity index (χ3n) is 2.23. The van der Waals surface area contributed by atoms with Gasteiger partial charge in [0.25, 0.3) is 0 Å². The van der Waals surface area contributed by atoms with E-state index in [0.717, 1.165) is 11.9 Å². The topological polar surface area (TPSA) is 99.7 Å². The fraction of sp³-hybridized carbons (Fsp3) is 0.0909. The van der Waals surface area contributed by atoms with E-state index >= 15 is 0 Å². The number of anilines is 1. The maximum absolute atomic E-state index is 11.3. The number of benzene rings is 1. The van der Waals surface area contributed by atoms with Crippen LogP contribution in [0.1, 0.15) is 0 Å². The Balaban J connectivity index is 1.98. The van der Waals surface area contributed by atoms with Crippen LogP contribution < -0.4 is 16.1 Å². The standard InChI is InChI=1S/C11H10N4O3/c16-9-8(10(17)14-11(18)13-9)6-12-15-7-4-2-1-3-5-7/h1-6,8,15H,(H2,13,14,16,17,18)/b12-6+. The number of nitrogens with one attached hydrogen (secondary N) is 3. The number of rotatable bonds is 3. The summed E-state index contributed by atoms with van der Waals surface area (Å²) in [6, 6.07) is 8.23. The third kappa shape index (κ3) is 2.70. The van der Waals surface area contributed by atoms with E-state index in [4.69, 9.17) is 0 Å². The van der Waals surface area contributed by atoms with E-state index in [9.17, 15) is 14.4 Å². The van der Waals surface area contributed by atoms with Crippen LogP contribution in [0.25, 0.3) is 0 Å². The van der Waals surface area contributed by atoms with Crippen molar-refractivity contribution in [2.75, 3.05) is 5.43 Å². The summed E-state index contributed by atoms with van der Waals surface area (Å²) >= 11 is 0. The highest BCUT2D eigenvalue weighted by molar-refractivity contribution is 6.23. The molecule has 92 valence electrons. The highest BCUT2D eigenvalue weighted by atomic mass is 16.2. The Morgan fingerprint density at radius 1 is 1.06 bits per heavy atom. The first kappa shape index (κ1) is 11.8. The first-order chi connectivity index (χ1) is 8.66. The first-order valence-corrected chi connectivity index (χ1v) is 5.17. The molecule has 1 saturated heterocycles. The van der Waals surface area contributed by atoms with Crippen molar-refractivity contribution in [1.82, 2.24) is 10.6 Å². The Bertz CT molecular complexity index is 492.